The minimum atomic E-state index is 1.05. The molecular weight excluding hydrogens is 168 g/mol. The molecule has 0 bridgehead atoms. The van der Waals surface area contributed by atoms with Gasteiger partial charge in [-0.15, -0.1) is 6.58 Å². The smallest absolute Gasteiger partial charge is 0.0351 e. The summed E-state index contributed by atoms with van der Waals surface area (Å²) in [7, 11) is 0. The van der Waals surface area contributed by atoms with Crippen LogP contribution in [0.4, 0.5) is 0 Å². The fraction of sp³-hybridized carbons (Fsp3) is 0.857. The Kier molecular flexibility index (Phi) is 3.67. The van der Waals surface area contributed by atoms with Crippen molar-refractivity contribution in [1.82, 2.24) is 0 Å². The molecule has 2 aliphatic rings. The summed E-state index contributed by atoms with van der Waals surface area (Å²) in [6.07, 6.45) is 15.4. The molecule has 0 radical (unpaired) electrons. The fourth-order valence-corrected chi connectivity index (χ4v) is 3.76. The van der Waals surface area contributed by atoms with Crippen LogP contribution in [0, 0.1) is 17.8 Å². The zero-order valence-electron chi connectivity index (χ0n) is 9.38. The lowest BCUT2D eigenvalue weighted by atomic mass is 9.64. The minimum absolute atomic E-state index is 1.05. The zero-order valence-corrected chi connectivity index (χ0v) is 9.38. The van der Waals surface area contributed by atoms with Crippen LogP contribution in [0.25, 0.3) is 0 Å². The van der Waals surface area contributed by atoms with Gasteiger partial charge >= 0.3 is 0 Å². The van der Waals surface area contributed by atoms with Crippen LogP contribution in [0.3, 0.4) is 0 Å². The molecule has 2 rings (SSSR count). The van der Waals surface area contributed by atoms with Crippen LogP contribution in [0.2, 0.25) is 0 Å². The highest BCUT2D eigenvalue weighted by Gasteiger charge is 2.33. The van der Waals surface area contributed by atoms with E-state index in [1.54, 1.807) is 0 Å². The molecule has 0 heteroatoms. The largest absolute Gasteiger partial charge is 0.103 e. The van der Waals surface area contributed by atoms with E-state index in [2.05, 4.69) is 12.7 Å². The first-order valence-electron chi connectivity index (χ1n) is 6.52. The Balaban J connectivity index is 1.90. The van der Waals surface area contributed by atoms with Gasteiger partial charge in [0.1, 0.15) is 0 Å². The Morgan fingerprint density at radius 1 is 1.00 bits per heavy atom. The molecule has 0 nitrogen and oxygen atoms in total. The highest BCUT2D eigenvalue weighted by Crippen LogP contribution is 2.45. The Labute approximate surface area is 88.8 Å². The summed E-state index contributed by atoms with van der Waals surface area (Å²) in [5.41, 5.74) is 0. The van der Waals surface area contributed by atoms with E-state index in [0.29, 0.717) is 0 Å². The van der Waals surface area contributed by atoms with Crippen molar-refractivity contribution < 1.29 is 0 Å². The van der Waals surface area contributed by atoms with Crippen molar-refractivity contribution in [3.05, 3.63) is 12.7 Å². The summed E-state index contributed by atoms with van der Waals surface area (Å²) in [5, 5.41) is 0. The Bertz CT molecular complexity index is 180. The molecule has 3 atom stereocenters. The highest BCUT2D eigenvalue weighted by molar-refractivity contribution is 4.86. The number of fused-ring (bicyclic) bond motifs is 1. The second-order valence-corrected chi connectivity index (χ2v) is 5.27. The molecule has 3 unspecified atom stereocenters. The van der Waals surface area contributed by atoms with Crippen molar-refractivity contribution in [1.29, 1.82) is 0 Å². The van der Waals surface area contributed by atoms with Gasteiger partial charge in [0.05, 0.1) is 0 Å². The molecule has 0 saturated heterocycles. The average Bonchev–Trinajstić information content (AvgIpc) is 2.26. The van der Waals surface area contributed by atoms with Crippen molar-refractivity contribution >= 4 is 0 Å². The quantitative estimate of drug-likeness (QED) is 0.575. The van der Waals surface area contributed by atoms with Gasteiger partial charge in [0.2, 0.25) is 0 Å². The topological polar surface area (TPSA) is 0 Å². The molecule has 0 aromatic rings. The monoisotopic (exact) mass is 192 g/mol. The van der Waals surface area contributed by atoms with Gasteiger partial charge in [-0.1, -0.05) is 44.6 Å². The number of allylic oxidation sites excluding steroid dienone is 1. The normalized spacial score (nSPS) is 37.6. The van der Waals surface area contributed by atoms with E-state index in [4.69, 9.17) is 0 Å². The Morgan fingerprint density at radius 3 is 2.64 bits per heavy atom. The molecule has 2 aliphatic carbocycles. The Morgan fingerprint density at radius 2 is 1.79 bits per heavy atom. The van der Waals surface area contributed by atoms with Gasteiger partial charge in [-0.3, -0.25) is 0 Å². The van der Waals surface area contributed by atoms with Crippen LogP contribution in [0.15, 0.2) is 12.7 Å². The third-order valence-corrected chi connectivity index (χ3v) is 4.46. The van der Waals surface area contributed by atoms with Crippen molar-refractivity contribution in [3.63, 3.8) is 0 Å². The Hall–Kier alpha value is -0.260. The van der Waals surface area contributed by atoms with Crippen molar-refractivity contribution in [3.8, 4) is 0 Å². The first-order chi connectivity index (χ1) is 6.92. The van der Waals surface area contributed by atoms with Crippen LogP contribution < -0.4 is 0 Å². The molecule has 0 amide bonds. The maximum absolute atomic E-state index is 3.85. The molecule has 80 valence electrons. The maximum atomic E-state index is 3.85. The van der Waals surface area contributed by atoms with E-state index in [9.17, 15) is 0 Å². The number of rotatable bonds is 3. The van der Waals surface area contributed by atoms with E-state index in [1.165, 1.54) is 57.8 Å². The van der Waals surface area contributed by atoms with Gasteiger partial charge in [-0.25, -0.2) is 0 Å². The summed E-state index contributed by atoms with van der Waals surface area (Å²) in [5.74, 6) is 3.25. The highest BCUT2D eigenvalue weighted by atomic mass is 14.4. The molecular formula is C14H24. The lowest BCUT2D eigenvalue weighted by molar-refractivity contribution is 0.0986. The predicted octanol–water partition coefficient (Wildman–Crippen LogP) is 4.56. The van der Waals surface area contributed by atoms with E-state index in [-0.39, 0.29) is 0 Å². The van der Waals surface area contributed by atoms with Gasteiger partial charge in [-0.05, 0) is 37.0 Å². The lowest BCUT2D eigenvalue weighted by Crippen LogP contribution is -2.30. The first-order valence-corrected chi connectivity index (χ1v) is 6.52. The minimum Gasteiger partial charge on any atom is -0.103 e. The standard InChI is InChI=1S/C14H24/c1-2-3-7-12-9-6-10-13-8-4-5-11-14(12)13/h2,12-14H,1,3-11H2. The van der Waals surface area contributed by atoms with Crippen molar-refractivity contribution in [2.75, 3.05) is 0 Å². The summed E-state index contributed by atoms with van der Waals surface area (Å²) in [6, 6.07) is 0. The summed E-state index contributed by atoms with van der Waals surface area (Å²) >= 11 is 0. The van der Waals surface area contributed by atoms with E-state index < -0.39 is 0 Å². The summed E-state index contributed by atoms with van der Waals surface area (Å²) in [6.45, 7) is 3.85. The van der Waals surface area contributed by atoms with Gasteiger partial charge in [-0.2, -0.15) is 0 Å². The van der Waals surface area contributed by atoms with E-state index in [0.717, 1.165) is 17.8 Å². The SMILES string of the molecule is C=CCCC1CCCC2CCCCC12. The first kappa shape index (κ1) is 10.3. The van der Waals surface area contributed by atoms with E-state index >= 15 is 0 Å². The zero-order chi connectivity index (χ0) is 9.80. The van der Waals surface area contributed by atoms with Crippen molar-refractivity contribution in [2.45, 2.75) is 57.8 Å². The number of hydrogen-bond acceptors (Lipinski definition) is 0. The maximum Gasteiger partial charge on any atom is -0.0351 e. The summed E-state index contributed by atoms with van der Waals surface area (Å²) in [4.78, 5) is 0. The van der Waals surface area contributed by atoms with Crippen LogP contribution in [0.5, 0.6) is 0 Å². The molecule has 0 heterocycles. The van der Waals surface area contributed by atoms with Gasteiger partial charge in [0.25, 0.3) is 0 Å². The third-order valence-electron chi connectivity index (χ3n) is 4.46. The van der Waals surface area contributed by atoms with E-state index in [1.807, 2.05) is 0 Å². The van der Waals surface area contributed by atoms with Gasteiger partial charge in [0, 0.05) is 0 Å². The van der Waals surface area contributed by atoms with Crippen LogP contribution >= 0.6 is 0 Å². The number of hydrogen-bond donors (Lipinski definition) is 0. The molecule has 0 N–H and O–H groups in total. The molecule has 2 fully saturated rings. The second kappa shape index (κ2) is 5.00. The van der Waals surface area contributed by atoms with Crippen LogP contribution in [-0.2, 0) is 0 Å². The van der Waals surface area contributed by atoms with Gasteiger partial charge in [0.15, 0.2) is 0 Å². The van der Waals surface area contributed by atoms with Crippen LogP contribution in [-0.4, -0.2) is 0 Å². The van der Waals surface area contributed by atoms with Crippen molar-refractivity contribution in [2.24, 2.45) is 17.8 Å². The molecule has 0 aromatic heterocycles. The predicted molar refractivity (Wildman–Crippen MR) is 62.2 cm³/mol. The summed E-state index contributed by atoms with van der Waals surface area (Å²) < 4.78 is 0. The lowest BCUT2D eigenvalue weighted by Gasteiger charge is -2.41. The molecule has 0 aromatic carbocycles. The fourth-order valence-electron chi connectivity index (χ4n) is 3.76. The third kappa shape index (κ3) is 2.21. The molecule has 2 saturated carbocycles. The average molecular weight is 192 g/mol. The molecule has 0 aliphatic heterocycles. The second-order valence-electron chi connectivity index (χ2n) is 5.27. The molecule has 14 heavy (non-hydrogen) atoms. The van der Waals surface area contributed by atoms with Gasteiger partial charge < -0.3 is 0 Å². The van der Waals surface area contributed by atoms with Crippen LogP contribution in [0.1, 0.15) is 57.8 Å². The molecule has 0 spiro atoms.